The predicted molar refractivity (Wildman–Crippen MR) is 78.4 cm³/mol. The first-order valence-corrected chi connectivity index (χ1v) is 7.34. The van der Waals surface area contributed by atoms with Gasteiger partial charge in [-0.3, -0.25) is 4.79 Å². The summed E-state index contributed by atoms with van der Waals surface area (Å²) in [5.41, 5.74) is 4.57. The van der Waals surface area contributed by atoms with Crippen LogP contribution < -0.4 is 4.90 Å². The van der Waals surface area contributed by atoms with Gasteiger partial charge in [0, 0.05) is 31.6 Å². The fourth-order valence-corrected chi connectivity index (χ4v) is 3.21. The number of anilines is 1. The molecule has 0 bridgehead atoms. The topological polar surface area (TPSA) is 20.3 Å². The number of benzene rings is 1. The molecule has 1 saturated carbocycles. The molecule has 1 saturated heterocycles. The second-order valence-corrected chi connectivity index (χ2v) is 5.57. The van der Waals surface area contributed by atoms with E-state index in [1.54, 1.807) is 11.1 Å². The molecule has 1 aliphatic carbocycles. The summed E-state index contributed by atoms with van der Waals surface area (Å²) >= 11 is 0. The zero-order valence-corrected chi connectivity index (χ0v) is 11.4. The Morgan fingerprint density at radius 1 is 0.737 bits per heavy atom. The Labute approximate surface area is 115 Å². The molecule has 0 N–H and O–H groups in total. The third-order valence-electron chi connectivity index (χ3n) is 4.40. The quantitative estimate of drug-likeness (QED) is 0.713. The smallest absolute Gasteiger partial charge is 0.133 e. The van der Waals surface area contributed by atoms with Gasteiger partial charge in [0.05, 0.1) is 0 Å². The minimum Gasteiger partial charge on any atom is -0.371 e. The summed E-state index contributed by atoms with van der Waals surface area (Å²) in [6, 6.07) is 10.7. The number of carbonyl (C=O) groups excluding carboxylic acids is 1. The van der Waals surface area contributed by atoms with Crippen LogP contribution in [0.1, 0.15) is 38.5 Å². The molecule has 2 nitrogen and oxygen atoms in total. The molecular weight excluding hydrogens is 234 g/mol. The van der Waals surface area contributed by atoms with Crippen LogP contribution >= 0.6 is 0 Å². The summed E-state index contributed by atoms with van der Waals surface area (Å²) in [5.74, 6) is 0.450. The Balaban J connectivity index is 1.63. The summed E-state index contributed by atoms with van der Waals surface area (Å²) < 4.78 is 0. The number of hydrogen-bond acceptors (Lipinski definition) is 2. The van der Waals surface area contributed by atoms with Gasteiger partial charge in [-0.2, -0.15) is 0 Å². The molecule has 19 heavy (non-hydrogen) atoms. The summed E-state index contributed by atoms with van der Waals surface area (Å²) in [5, 5.41) is 0. The first-order valence-electron chi connectivity index (χ1n) is 7.34. The number of allylic oxidation sites excluding steroid dienone is 1. The van der Waals surface area contributed by atoms with Crippen molar-refractivity contribution < 1.29 is 4.79 Å². The third-order valence-corrected chi connectivity index (χ3v) is 4.40. The van der Waals surface area contributed by atoms with E-state index in [0.29, 0.717) is 5.78 Å². The molecule has 3 rings (SSSR count). The van der Waals surface area contributed by atoms with E-state index in [2.05, 4.69) is 35.2 Å². The third kappa shape index (κ3) is 2.89. The van der Waals surface area contributed by atoms with E-state index < -0.39 is 0 Å². The molecule has 100 valence electrons. The number of ketones is 1. The van der Waals surface area contributed by atoms with E-state index in [0.717, 1.165) is 38.8 Å². The Morgan fingerprint density at radius 2 is 1.32 bits per heavy atom. The Kier molecular flexibility index (Phi) is 3.67. The van der Waals surface area contributed by atoms with Crippen molar-refractivity contribution in [2.45, 2.75) is 38.5 Å². The van der Waals surface area contributed by atoms with Crippen molar-refractivity contribution in [1.29, 1.82) is 0 Å². The predicted octanol–water partition coefficient (Wildman–Crippen LogP) is 3.73. The van der Waals surface area contributed by atoms with E-state index in [-0.39, 0.29) is 0 Å². The summed E-state index contributed by atoms with van der Waals surface area (Å²) in [7, 11) is 0. The SMILES string of the molecule is O=C1CCC(=C2CCN(c3ccccc3)CC2)CC1. The monoisotopic (exact) mass is 255 g/mol. The lowest BCUT2D eigenvalue weighted by Crippen LogP contribution is -2.31. The van der Waals surface area contributed by atoms with Crippen LogP contribution in [0.3, 0.4) is 0 Å². The first-order chi connectivity index (χ1) is 9.33. The Hall–Kier alpha value is -1.57. The van der Waals surface area contributed by atoms with Crippen LogP contribution in [0.15, 0.2) is 41.5 Å². The normalized spacial score (nSPS) is 20.8. The molecule has 1 heterocycles. The lowest BCUT2D eigenvalue weighted by Gasteiger charge is -2.32. The molecule has 0 spiro atoms. The number of piperidine rings is 1. The maximum absolute atomic E-state index is 11.3. The zero-order valence-electron chi connectivity index (χ0n) is 11.4. The minimum atomic E-state index is 0.450. The van der Waals surface area contributed by atoms with E-state index >= 15 is 0 Å². The van der Waals surface area contributed by atoms with E-state index in [9.17, 15) is 4.79 Å². The summed E-state index contributed by atoms with van der Waals surface area (Å²) in [4.78, 5) is 13.8. The number of para-hydroxylation sites is 1. The summed E-state index contributed by atoms with van der Waals surface area (Å²) in [6.07, 6.45) is 5.97. The van der Waals surface area contributed by atoms with Crippen LogP contribution in [-0.2, 0) is 4.79 Å². The first kappa shape index (κ1) is 12.5. The molecule has 0 amide bonds. The van der Waals surface area contributed by atoms with Crippen molar-refractivity contribution in [3.8, 4) is 0 Å². The number of nitrogens with zero attached hydrogens (tertiary/aromatic N) is 1. The highest BCUT2D eigenvalue weighted by Crippen LogP contribution is 2.30. The fourth-order valence-electron chi connectivity index (χ4n) is 3.21. The van der Waals surface area contributed by atoms with Crippen LogP contribution in [0.25, 0.3) is 0 Å². The van der Waals surface area contributed by atoms with E-state index in [4.69, 9.17) is 0 Å². The van der Waals surface area contributed by atoms with Gasteiger partial charge in [-0.05, 0) is 37.8 Å². The second kappa shape index (κ2) is 5.60. The molecule has 0 unspecified atom stereocenters. The molecule has 1 aromatic rings. The van der Waals surface area contributed by atoms with Crippen molar-refractivity contribution >= 4 is 11.5 Å². The van der Waals surface area contributed by atoms with Crippen LogP contribution in [0.5, 0.6) is 0 Å². The van der Waals surface area contributed by atoms with E-state index in [1.807, 2.05) is 0 Å². The van der Waals surface area contributed by atoms with Crippen molar-refractivity contribution in [3.63, 3.8) is 0 Å². The zero-order chi connectivity index (χ0) is 13.1. The van der Waals surface area contributed by atoms with Gasteiger partial charge in [0.1, 0.15) is 5.78 Å². The molecule has 2 aliphatic rings. The van der Waals surface area contributed by atoms with Gasteiger partial charge >= 0.3 is 0 Å². The molecular formula is C17H21NO. The molecule has 0 aromatic heterocycles. The maximum Gasteiger partial charge on any atom is 0.133 e. The van der Waals surface area contributed by atoms with E-state index in [1.165, 1.54) is 18.5 Å². The van der Waals surface area contributed by atoms with Gasteiger partial charge in [-0.25, -0.2) is 0 Å². The Bertz CT molecular complexity index is 467. The number of carbonyl (C=O) groups is 1. The number of hydrogen-bond donors (Lipinski definition) is 0. The number of Topliss-reactive ketones (excluding diaryl/α,β-unsaturated/α-hetero) is 1. The van der Waals surface area contributed by atoms with Crippen LogP contribution in [0, 0.1) is 0 Å². The fraction of sp³-hybridized carbons (Fsp3) is 0.471. The maximum atomic E-state index is 11.3. The molecule has 2 heteroatoms. The van der Waals surface area contributed by atoms with Gasteiger partial charge in [0.15, 0.2) is 0 Å². The van der Waals surface area contributed by atoms with Crippen molar-refractivity contribution in [2.75, 3.05) is 18.0 Å². The van der Waals surface area contributed by atoms with Crippen LogP contribution in [-0.4, -0.2) is 18.9 Å². The highest BCUT2D eigenvalue weighted by molar-refractivity contribution is 5.80. The average molecular weight is 255 g/mol. The van der Waals surface area contributed by atoms with Crippen molar-refractivity contribution in [3.05, 3.63) is 41.5 Å². The highest BCUT2D eigenvalue weighted by atomic mass is 16.1. The van der Waals surface area contributed by atoms with Gasteiger partial charge in [0.25, 0.3) is 0 Å². The molecule has 1 aromatic carbocycles. The van der Waals surface area contributed by atoms with Gasteiger partial charge in [-0.1, -0.05) is 29.3 Å². The average Bonchev–Trinajstić information content (AvgIpc) is 2.49. The van der Waals surface area contributed by atoms with Gasteiger partial charge in [0.2, 0.25) is 0 Å². The minimum absolute atomic E-state index is 0.450. The standard InChI is InChI=1S/C17H21NO/c19-17-8-6-14(7-9-17)15-10-12-18(13-11-15)16-4-2-1-3-5-16/h1-5H,6-13H2. The van der Waals surface area contributed by atoms with Crippen LogP contribution in [0.4, 0.5) is 5.69 Å². The second-order valence-electron chi connectivity index (χ2n) is 5.57. The van der Waals surface area contributed by atoms with Gasteiger partial charge < -0.3 is 4.90 Å². The molecule has 1 aliphatic heterocycles. The molecule has 0 radical (unpaired) electrons. The Morgan fingerprint density at radius 3 is 1.95 bits per heavy atom. The summed E-state index contributed by atoms with van der Waals surface area (Å²) in [6.45, 7) is 2.24. The lowest BCUT2D eigenvalue weighted by atomic mass is 9.86. The molecule has 2 fully saturated rings. The highest BCUT2D eigenvalue weighted by Gasteiger charge is 2.20. The van der Waals surface area contributed by atoms with Crippen molar-refractivity contribution in [1.82, 2.24) is 0 Å². The molecule has 0 atom stereocenters. The lowest BCUT2D eigenvalue weighted by molar-refractivity contribution is -0.119. The van der Waals surface area contributed by atoms with Crippen molar-refractivity contribution in [2.24, 2.45) is 0 Å². The van der Waals surface area contributed by atoms with Gasteiger partial charge in [-0.15, -0.1) is 0 Å². The van der Waals surface area contributed by atoms with Crippen LogP contribution in [0.2, 0.25) is 0 Å². The largest absolute Gasteiger partial charge is 0.371 e. The number of rotatable bonds is 1.